The molecule has 0 spiro atoms. The number of hydrogen-bond acceptors (Lipinski definition) is 6. The van der Waals surface area contributed by atoms with E-state index >= 15 is 0 Å². The van der Waals surface area contributed by atoms with Crippen molar-refractivity contribution in [1.29, 1.82) is 0 Å². The molecule has 26 heavy (non-hydrogen) atoms. The van der Waals surface area contributed by atoms with Crippen LogP contribution in [0.4, 0.5) is 0 Å². The minimum absolute atomic E-state index is 0.0149. The van der Waals surface area contributed by atoms with E-state index < -0.39 is 10.0 Å². The van der Waals surface area contributed by atoms with E-state index in [1.54, 1.807) is 24.0 Å². The van der Waals surface area contributed by atoms with Gasteiger partial charge in [0.25, 0.3) is 0 Å². The summed E-state index contributed by atoms with van der Waals surface area (Å²) < 4.78 is 32.6. The van der Waals surface area contributed by atoms with E-state index in [4.69, 9.17) is 16.1 Å². The molecule has 142 valence electrons. The second-order valence-electron chi connectivity index (χ2n) is 5.57. The van der Waals surface area contributed by atoms with Gasteiger partial charge in [-0.3, -0.25) is 4.79 Å². The Labute approximate surface area is 161 Å². The summed E-state index contributed by atoms with van der Waals surface area (Å²) in [5.74, 6) is 0.0278. The molecule has 7 nitrogen and oxygen atoms in total. The SMILES string of the molecule is C=CCN(Cc1ccc(Cl)s1)C(=O)CCNS(=O)(=O)c1c(C)noc1C. The van der Waals surface area contributed by atoms with Crippen molar-refractivity contribution in [2.24, 2.45) is 0 Å². The third-order valence-electron chi connectivity index (χ3n) is 3.55. The van der Waals surface area contributed by atoms with Gasteiger partial charge in [-0.25, -0.2) is 13.1 Å². The molecule has 0 saturated heterocycles. The molecule has 0 fully saturated rings. The lowest BCUT2D eigenvalue weighted by Crippen LogP contribution is -2.34. The number of amides is 1. The fourth-order valence-corrected chi connectivity index (χ4v) is 4.88. The minimum atomic E-state index is -3.78. The number of thiophene rings is 1. The van der Waals surface area contributed by atoms with E-state index in [-0.39, 0.29) is 35.2 Å². The number of aryl methyl sites for hydroxylation is 2. The monoisotopic (exact) mass is 417 g/mol. The molecule has 0 aromatic carbocycles. The van der Waals surface area contributed by atoms with Crippen LogP contribution < -0.4 is 4.72 Å². The van der Waals surface area contributed by atoms with Crippen molar-refractivity contribution < 1.29 is 17.7 Å². The molecule has 0 atom stereocenters. The van der Waals surface area contributed by atoms with E-state index in [9.17, 15) is 13.2 Å². The van der Waals surface area contributed by atoms with Crippen LogP contribution in [0.2, 0.25) is 4.34 Å². The second kappa shape index (κ2) is 8.81. The standard InChI is InChI=1S/C16H20ClN3O4S2/c1-4-9-20(10-13-5-6-14(17)25-13)15(21)7-8-18-26(22,23)16-11(2)19-24-12(16)3/h4-6,18H,1,7-10H2,2-3H3. The van der Waals surface area contributed by atoms with Crippen molar-refractivity contribution in [3.05, 3.63) is 45.5 Å². The maximum Gasteiger partial charge on any atom is 0.245 e. The highest BCUT2D eigenvalue weighted by Crippen LogP contribution is 2.23. The molecule has 1 N–H and O–H groups in total. The first-order valence-corrected chi connectivity index (χ1v) is 10.5. The summed E-state index contributed by atoms with van der Waals surface area (Å²) in [6.45, 7) is 7.48. The number of nitrogens with one attached hydrogen (secondary N) is 1. The fraction of sp³-hybridized carbons (Fsp3) is 0.375. The zero-order valence-corrected chi connectivity index (χ0v) is 16.9. The summed E-state index contributed by atoms with van der Waals surface area (Å²) >= 11 is 7.31. The Morgan fingerprint density at radius 1 is 1.46 bits per heavy atom. The number of aromatic nitrogens is 1. The Balaban J connectivity index is 1.96. The topological polar surface area (TPSA) is 92.5 Å². The zero-order valence-electron chi connectivity index (χ0n) is 14.5. The number of carbonyl (C=O) groups excluding carboxylic acids is 1. The number of halogens is 1. The third kappa shape index (κ3) is 5.16. The number of nitrogens with zero attached hydrogens (tertiary/aromatic N) is 2. The van der Waals surface area contributed by atoms with Gasteiger partial charge in [-0.05, 0) is 26.0 Å². The van der Waals surface area contributed by atoms with Crippen molar-refractivity contribution in [2.45, 2.75) is 31.7 Å². The van der Waals surface area contributed by atoms with Crippen molar-refractivity contribution >= 4 is 38.9 Å². The largest absolute Gasteiger partial charge is 0.360 e. The Kier molecular flexibility index (Phi) is 6.99. The van der Waals surface area contributed by atoms with E-state index in [0.717, 1.165) is 4.88 Å². The number of rotatable bonds is 9. The van der Waals surface area contributed by atoms with Crippen LogP contribution in [0.3, 0.4) is 0 Å². The van der Waals surface area contributed by atoms with Gasteiger partial charge in [0, 0.05) is 24.4 Å². The molecule has 2 heterocycles. The lowest BCUT2D eigenvalue weighted by Gasteiger charge is -2.20. The molecule has 2 aromatic rings. The van der Waals surface area contributed by atoms with Gasteiger partial charge in [0.1, 0.15) is 10.6 Å². The summed E-state index contributed by atoms with van der Waals surface area (Å²) in [6, 6.07) is 3.63. The number of hydrogen-bond donors (Lipinski definition) is 1. The van der Waals surface area contributed by atoms with E-state index in [1.807, 2.05) is 6.07 Å². The van der Waals surface area contributed by atoms with Gasteiger partial charge in [0.15, 0.2) is 5.76 Å². The molecule has 2 aromatic heterocycles. The minimum Gasteiger partial charge on any atom is -0.360 e. The molecule has 10 heteroatoms. The first-order chi connectivity index (χ1) is 12.2. The van der Waals surface area contributed by atoms with Crippen LogP contribution in [0.15, 0.2) is 34.2 Å². The fourth-order valence-electron chi connectivity index (χ4n) is 2.42. The zero-order chi connectivity index (χ0) is 19.3. The molecule has 2 rings (SSSR count). The van der Waals surface area contributed by atoms with E-state index in [2.05, 4.69) is 16.5 Å². The highest BCUT2D eigenvalue weighted by atomic mass is 35.5. The van der Waals surface area contributed by atoms with Crippen molar-refractivity contribution in [3.63, 3.8) is 0 Å². The quantitative estimate of drug-likeness (QED) is 0.633. The average molecular weight is 418 g/mol. The van der Waals surface area contributed by atoms with Gasteiger partial charge < -0.3 is 9.42 Å². The Bertz CT molecular complexity index is 870. The molecule has 0 aliphatic rings. The predicted molar refractivity (Wildman–Crippen MR) is 101 cm³/mol. The summed E-state index contributed by atoms with van der Waals surface area (Å²) in [6.07, 6.45) is 1.65. The normalized spacial score (nSPS) is 11.5. The molecule has 0 saturated carbocycles. The maximum absolute atomic E-state index is 12.4. The summed E-state index contributed by atoms with van der Waals surface area (Å²) in [5.41, 5.74) is 0.282. The smallest absolute Gasteiger partial charge is 0.245 e. The Morgan fingerprint density at radius 2 is 2.19 bits per heavy atom. The van der Waals surface area contributed by atoms with Gasteiger partial charge in [0.05, 0.1) is 10.9 Å². The molecule has 0 bridgehead atoms. The number of carbonyl (C=O) groups is 1. The maximum atomic E-state index is 12.4. The van der Waals surface area contributed by atoms with E-state index in [1.165, 1.54) is 18.3 Å². The van der Waals surface area contributed by atoms with E-state index in [0.29, 0.717) is 17.4 Å². The molecule has 0 aliphatic carbocycles. The van der Waals surface area contributed by atoms with Crippen LogP contribution in [0.1, 0.15) is 22.8 Å². The van der Waals surface area contributed by atoms with Crippen LogP contribution in [-0.4, -0.2) is 37.5 Å². The third-order valence-corrected chi connectivity index (χ3v) is 6.47. The van der Waals surface area contributed by atoms with Gasteiger partial charge in [-0.2, -0.15) is 0 Å². The van der Waals surface area contributed by atoms with Crippen LogP contribution in [0.5, 0.6) is 0 Å². The van der Waals surface area contributed by atoms with Gasteiger partial charge >= 0.3 is 0 Å². The lowest BCUT2D eigenvalue weighted by atomic mass is 10.3. The van der Waals surface area contributed by atoms with Crippen LogP contribution in [0.25, 0.3) is 0 Å². The average Bonchev–Trinajstić information content (AvgIpc) is 3.12. The molecular formula is C16H20ClN3O4S2. The Morgan fingerprint density at radius 3 is 2.73 bits per heavy atom. The second-order valence-corrected chi connectivity index (χ2v) is 9.07. The predicted octanol–water partition coefficient (Wildman–Crippen LogP) is 2.89. The van der Waals surface area contributed by atoms with Crippen molar-refractivity contribution in [2.75, 3.05) is 13.1 Å². The first-order valence-electron chi connectivity index (χ1n) is 7.80. The van der Waals surface area contributed by atoms with Crippen LogP contribution in [0, 0.1) is 13.8 Å². The number of sulfonamides is 1. The van der Waals surface area contributed by atoms with Gasteiger partial charge in [-0.1, -0.05) is 22.8 Å². The molecular weight excluding hydrogens is 398 g/mol. The molecule has 0 aliphatic heterocycles. The summed E-state index contributed by atoms with van der Waals surface area (Å²) in [4.78, 5) is 15.0. The van der Waals surface area contributed by atoms with Crippen LogP contribution >= 0.6 is 22.9 Å². The lowest BCUT2D eigenvalue weighted by molar-refractivity contribution is -0.131. The highest BCUT2D eigenvalue weighted by Gasteiger charge is 2.24. The summed E-state index contributed by atoms with van der Waals surface area (Å²) in [7, 11) is -3.78. The Hall–Kier alpha value is -1.68. The van der Waals surface area contributed by atoms with Crippen LogP contribution in [-0.2, 0) is 21.4 Å². The van der Waals surface area contributed by atoms with Crippen molar-refractivity contribution in [3.8, 4) is 0 Å². The summed E-state index contributed by atoms with van der Waals surface area (Å²) in [5, 5.41) is 3.64. The van der Waals surface area contributed by atoms with Crippen molar-refractivity contribution in [1.82, 2.24) is 14.8 Å². The van der Waals surface area contributed by atoms with Gasteiger partial charge in [0.2, 0.25) is 15.9 Å². The molecule has 0 radical (unpaired) electrons. The highest BCUT2D eigenvalue weighted by molar-refractivity contribution is 7.89. The molecule has 1 amide bonds. The van der Waals surface area contributed by atoms with Gasteiger partial charge in [-0.15, -0.1) is 17.9 Å². The molecule has 0 unspecified atom stereocenters. The first kappa shape index (κ1) is 20.6.